The van der Waals surface area contributed by atoms with Gasteiger partial charge in [-0.15, -0.1) is 0 Å². The van der Waals surface area contributed by atoms with Crippen molar-refractivity contribution in [3.63, 3.8) is 0 Å². The highest BCUT2D eigenvalue weighted by molar-refractivity contribution is 6.36. The van der Waals surface area contributed by atoms with E-state index in [9.17, 15) is 9.59 Å². The molecule has 1 N–H and O–H groups in total. The summed E-state index contributed by atoms with van der Waals surface area (Å²) < 4.78 is 15.9. The maximum Gasteiger partial charge on any atom is 0.278 e. The Morgan fingerprint density at radius 1 is 0.897 bits per heavy atom. The Morgan fingerprint density at radius 3 is 2.17 bits per heavy atom. The summed E-state index contributed by atoms with van der Waals surface area (Å²) in [6.45, 7) is 1.98. The van der Waals surface area contributed by atoms with Crippen molar-refractivity contribution in [2.75, 3.05) is 33.2 Å². The van der Waals surface area contributed by atoms with Gasteiger partial charge in [0.15, 0.2) is 11.5 Å². The number of amides is 2. The summed E-state index contributed by atoms with van der Waals surface area (Å²) in [7, 11) is 4.54. The van der Waals surface area contributed by atoms with Gasteiger partial charge in [-0.3, -0.25) is 14.5 Å². The lowest BCUT2D eigenvalue weighted by atomic mass is 10.0. The van der Waals surface area contributed by atoms with E-state index < -0.39 is 11.8 Å². The third-order valence-electron chi connectivity index (χ3n) is 4.58. The van der Waals surface area contributed by atoms with Gasteiger partial charge in [0.1, 0.15) is 11.4 Å². The Bertz CT molecular complexity index is 1000. The maximum atomic E-state index is 13.0. The van der Waals surface area contributed by atoms with E-state index in [0.29, 0.717) is 33.5 Å². The fraction of sp³-hybridized carbons (Fsp3) is 0.238. The van der Waals surface area contributed by atoms with Gasteiger partial charge in [0.25, 0.3) is 11.8 Å². The van der Waals surface area contributed by atoms with Gasteiger partial charge in [-0.25, -0.2) is 0 Å². The molecule has 0 aromatic heterocycles. The Labute approximate surface area is 173 Å². The minimum Gasteiger partial charge on any atom is -0.495 e. The predicted molar refractivity (Wildman–Crippen MR) is 110 cm³/mol. The van der Waals surface area contributed by atoms with Crippen LogP contribution in [0.2, 0.25) is 5.02 Å². The molecule has 0 unspecified atom stereocenters. The standard InChI is InChI=1S/C21H21ClN2O5/c1-5-24-20(25)18(12-6-8-16(28-3)17(10-12)29-4)19(21(24)26)23-14-11-13(22)7-9-15(14)27-2/h6-11,23H,5H2,1-4H3. The van der Waals surface area contributed by atoms with E-state index in [4.69, 9.17) is 25.8 Å². The van der Waals surface area contributed by atoms with Crippen LogP contribution in [-0.2, 0) is 9.59 Å². The fourth-order valence-corrected chi connectivity index (χ4v) is 3.32. The van der Waals surface area contributed by atoms with Gasteiger partial charge in [-0.05, 0) is 42.8 Å². The second kappa shape index (κ2) is 8.45. The van der Waals surface area contributed by atoms with E-state index in [0.717, 1.165) is 0 Å². The van der Waals surface area contributed by atoms with Gasteiger partial charge in [-0.2, -0.15) is 0 Å². The number of rotatable bonds is 7. The van der Waals surface area contributed by atoms with Gasteiger partial charge < -0.3 is 19.5 Å². The Hall–Kier alpha value is -3.19. The van der Waals surface area contributed by atoms with Crippen LogP contribution in [0.25, 0.3) is 5.57 Å². The number of nitrogens with one attached hydrogen (secondary N) is 1. The smallest absolute Gasteiger partial charge is 0.278 e. The molecule has 0 saturated carbocycles. The van der Waals surface area contributed by atoms with Crippen molar-refractivity contribution in [1.29, 1.82) is 0 Å². The molecule has 0 atom stereocenters. The highest BCUT2D eigenvalue weighted by atomic mass is 35.5. The van der Waals surface area contributed by atoms with E-state index in [1.54, 1.807) is 43.3 Å². The molecule has 7 nitrogen and oxygen atoms in total. The molecular formula is C21H21ClN2O5. The lowest BCUT2D eigenvalue weighted by molar-refractivity contribution is -0.136. The molecule has 1 aliphatic heterocycles. The fourth-order valence-electron chi connectivity index (χ4n) is 3.15. The average Bonchev–Trinajstić information content (AvgIpc) is 2.96. The number of hydrogen-bond donors (Lipinski definition) is 1. The molecule has 0 bridgehead atoms. The number of likely N-dealkylation sites (N-methyl/N-ethyl adjacent to an activating group) is 1. The van der Waals surface area contributed by atoms with Crippen LogP contribution in [0.15, 0.2) is 42.1 Å². The van der Waals surface area contributed by atoms with Crippen molar-refractivity contribution >= 4 is 34.7 Å². The molecular weight excluding hydrogens is 396 g/mol. The Morgan fingerprint density at radius 2 is 1.55 bits per heavy atom. The number of benzene rings is 2. The molecule has 152 valence electrons. The Kier molecular flexibility index (Phi) is 5.98. The van der Waals surface area contributed by atoms with Crippen LogP contribution in [0.3, 0.4) is 0 Å². The molecule has 29 heavy (non-hydrogen) atoms. The number of carbonyl (C=O) groups is 2. The third kappa shape index (κ3) is 3.73. The number of carbonyl (C=O) groups excluding carboxylic acids is 2. The molecule has 0 saturated heterocycles. The molecule has 2 aromatic rings. The van der Waals surface area contributed by atoms with Crippen LogP contribution in [0.1, 0.15) is 12.5 Å². The number of nitrogens with zero attached hydrogens (tertiary/aromatic N) is 1. The van der Waals surface area contributed by atoms with Crippen molar-refractivity contribution in [3.05, 3.63) is 52.7 Å². The maximum absolute atomic E-state index is 13.0. The number of imide groups is 1. The number of anilines is 1. The monoisotopic (exact) mass is 416 g/mol. The predicted octanol–water partition coefficient (Wildman–Crippen LogP) is 3.58. The molecule has 1 heterocycles. The second-order valence-corrected chi connectivity index (χ2v) is 6.58. The van der Waals surface area contributed by atoms with Gasteiger partial charge in [0, 0.05) is 11.6 Å². The van der Waals surface area contributed by atoms with Gasteiger partial charge in [0.05, 0.1) is 32.6 Å². The highest BCUT2D eigenvalue weighted by Gasteiger charge is 2.38. The summed E-state index contributed by atoms with van der Waals surface area (Å²) in [6, 6.07) is 10.0. The highest BCUT2D eigenvalue weighted by Crippen LogP contribution is 2.37. The SMILES string of the molecule is CCN1C(=O)C(Nc2cc(Cl)ccc2OC)=C(c2ccc(OC)c(OC)c2)C1=O. The van der Waals surface area contributed by atoms with Crippen molar-refractivity contribution in [2.24, 2.45) is 0 Å². The van der Waals surface area contributed by atoms with Crippen LogP contribution < -0.4 is 19.5 Å². The van der Waals surface area contributed by atoms with E-state index in [2.05, 4.69) is 5.32 Å². The largest absolute Gasteiger partial charge is 0.495 e. The van der Waals surface area contributed by atoms with Crippen LogP contribution in [-0.4, -0.2) is 44.6 Å². The van der Waals surface area contributed by atoms with Crippen molar-refractivity contribution < 1.29 is 23.8 Å². The van der Waals surface area contributed by atoms with Gasteiger partial charge >= 0.3 is 0 Å². The first-order valence-electron chi connectivity index (χ1n) is 8.88. The number of methoxy groups -OCH3 is 3. The molecule has 0 fully saturated rings. The summed E-state index contributed by atoms with van der Waals surface area (Å²) in [5.74, 6) is 0.640. The van der Waals surface area contributed by atoms with Crippen LogP contribution in [0.5, 0.6) is 17.2 Å². The minimum absolute atomic E-state index is 0.143. The molecule has 3 rings (SSSR count). The van der Waals surface area contributed by atoms with Gasteiger partial charge in [0.2, 0.25) is 0 Å². The van der Waals surface area contributed by atoms with Crippen molar-refractivity contribution in [2.45, 2.75) is 6.92 Å². The third-order valence-corrected chi connectivity index (χ3v) is 4.81. The number of halogens is 1. The molecule has 2 aromatic carbocycles. The zero-order valence-corrected chi connectivity index (χ0v) is 17.3. The first-order chi connectivity index (χ1) is 13.9. The van der Waals surface area contributed by atoms with Crippen LogP contribution >= 0.6 is 11.6 Å². The summed E-state index contributed by atoms with van der Waals surface area (Å²) in [6.07, 6.45) is 0. The quantitative estimate of drug-likeness (QED) is 0.695. The molecule has 1 aliphatic rings. The van der Waals surface area contributed by atoms with Crippen LogP contribution in [0, 0.1) is 0 Å². The normalized spacial score (nSPS) is 13.8. The molecule has 2 amide bonds. The van der Waals surface area contributed by atoms with Gasteiger partial charge in [-0.1, -0.05) is 17.7 Å². The average molecular weight is 417 g/mol. The Balaban J connectivity index is 2.16. The van der Waals surface area contributed by atoms with E-state index >= 15 is 0 Å². The lowest BCUT2D eigenvalue weighted by Crippen LogP contribution is -2.32. The zero-order valence-electron chi connectivity index (χ0n) is 16.5. The molecule has 0 radical (unpaired) electrons. The van der Waals surface area contributed by atoms with Crippen molar-refractivity contribution in [3.8, 4) is 17.2 Å². The lowest BCUT2D eigenvalue weighted by Gasteiger charge is -2.14. The zero-order chi connectivity index (χ0) is 21.1. The van der Waals surface area contributed by atoms with E-state index in [1.807, 2.05) is 0 Å². The van der Waals surface area contributed by atoms with Crippen molar-refractivity contribution in [1.82, 2.24) is 4.90 Å². The number of hydrogen-bond acceptors (Lipinski definition) is 6. The van der Waals surface area contributed by atoms with Crippen LogP contribution in [0.4, 0.5) is 5.69 Å². The topological polar surface area (TPSA) is 77.1 Å². The summed E-state index contributed by atoms with van der Waals surface area (Å²) in [5, 5.41) is 3.51. The summed E-state index contributed by atoms with van der Waals surface area (Å²) in [4.78, 5) is 27.1. The molecule has 0 spiro atoms. The molecule has 8 heteroatoms. The summed E-state index contributed by atoms with van der Waals surface area (Å²) in [5.41, 5.74) is 1.39. The first-order valence-corrected chi connectivity index (χ1v) is 9.26. The first kappa shape index (κ1) is 20.5. The summed E-state index contributed by atoms with van der Waals surface area (Å²) >= 11 is 6.10. The van der Waals surface area contributed by atoms with E-state index in [-0.39, 0.29) is 17.8 Å². The second-order valence-electron chi connectivity index (χ2n) is 6.14. The van der Waals surface area contributed by atoms with E-state index in [1.165, 1.54) is 26.2 Å². The minimum atomic E-state index is -0.427. The number of ether oxygens (including phenoxy) is 3. The molecule has 0 aliphatic carbocycles.